The molecule has 1 N–H and O–H groups in total. The lowest BCUT2D eigenvalue weighted by molar-refractivity contribution is -0.119. The number of rotatable bonds is 4. The van der Waals surface area contributed by atoms with Gasteiger partial charge in [-0.3, -0.25) is 4.79 Å². The molecule has 0 saturated heterocycles. The number of benzene rings is 1. The highest BCUT2D eigenvalue weighted by atomic mass is 79.9. The van der Waals surface area contributed by atoms with E-state index in [1.54, 1.807) is 7.11 Å². The normalized spacial score (nSPS) is 12.0. The molecule has 0 aliphatic carbocycles. The van der Waals surface area contributed by atoms with Gasteiger partial charge in [0.2, 0.25) is 5.91 Å². The van der Waals surface area contributed by atoms with Gasteiger partial charge in [0.1, 0.15) is 5.75 Å². The predicted octanol–water partition coefficient (Wildman–Crippen LogP) is 2.52. The average molecular weight is 286 g/mol. The summed E-state index contributed by atoms with van der Waals surface area (Å²) in [6, 6.07) is 5.94. The molecule has 88 valence electrons. The van der Waals surface area contributed by atoms with Crippen molar-refractivity contribution in [2.24, 2.45) is 0 Å². The number of halogens is 1. The lowest BCUT2D eigenvalue weighted by Crippen LogP contribution is -2.32. The molecule has 0 unspecified atom stereocenters. The number of hydrogen-bond acceptors (Lipinski definition) is 2. The fraction of sp³-hybridized carbons (Fsp3) is 0.417. The van der Waals surface area contributed by atoms with Crippen LogP contribution in [0.4, 0.5) is 0 Å². The Bertz CT molecular complexity index is 379. The number of carbonyl (C=O) groups is 1. The van der Waals surface area contributed by atoms with Crippen molar-refractivity contribution in [3.05, 3.63) is 28.2 Å². The summed E-state index contributed by atoms with van der Waals surface area (Å²) in [5, 5.41) is 2.86. The van der Waals surface area contributed by atoms with Crippen molar-refractivity contribution < 1.29 is 9.53 Å². The Morgan fingerprint density at radius 3 is 2.81 bits per heavy atom. The molecule has 0 fully saturated rings. The summed E-state index contributed by atoms with van der Waals surface area (Å²) in [5.74, 6) is 0.819. The first-order valence-electron chi connectivity index (χ1n) is 5.12. The highest BCUT2D eigenvalue weighted by Gasteiger charge is 2.08. The number of methoxy groups -OCH3 is 1. The molecule has 4 heteroatoms. The van der Waals surface area contributed by atoms with Gasteiger partial charge in [-0.05, 0) is 37.1 Å². The van der Waals surface area contributed by atoms with Gasteiger partial charge in [-0.1, -0.05) is 15.9 Å². The number of carbonyl (C=O) groups excluding carboxylic acids is 1. The van der Waals surface area contributed by atoms with E-state index in [4.69, 9.17) is 4.74 Å². The highest BCUT2D eigenvalue weighted by Crippen LogP contribution is 2.23. The van der Waals surface area contributed by atoms with Crippen molar-refractivity contribution >= 4 is 21.8 Å². The summed E-state index contributed by atoms with van der Waals surface area (Å²) in [6.07, 6.45) is 0.775. The third-order valence-electron chi connectivity index (χ3n) is 2.23. The third-order valence-corrected chi connectivity index (χ3v) is 3.00. The van der Waals surface area contributed by atoms with Gasteiger partial charge in [0.05, 0.1) is 7.11 Å². The number of amides is 1. The van der Waals surface area contributed by atoms with Gasteiger partial charge in [0.15, 0.2) is 0 Å². The molecule has 3 nitrogen and oxygen atoms in total. The van der Waals surface area contributed by atoms with E-state index >= 15 is 0 Å². The molecule has 0 aliphatic rings. The molecule has 1 aromatic carbocycles. The zero-order chi connectivity index (χ0) is 12.1. The monoisotopic (exact) mass is 285 g/mol. The van der Waals surface area contributed by atoms with Crippen LogP contribution < -0.4 is 10.1 Å². The SMILES string of the molecule is COc1ccc(Br)c(C[C@@H](C)NC(C)=O)c1. The first-order valence-corrected chi connectivity index (χ1v) is 5.91. The van der Waals surface area contributed by atoms with Crippen molar-refractivity contribution in [2.75, 3.05) is 7.11 Å². The molecule has 1 rings (SSSR count). The minimum absolute atomic E-state index is 0.00785. The van der Waals surface area contributed by atoms with Crippen molar-refractivity contribution in [1.82, 2.24) is 5.32 Å². The second-order valence-electron chi connectivity index (χ2n) is 3.76. The maximum atomic E-state index is 10.9. The van der Waals surface area contributed by atoms with Crippen molar-refractivity contribution in [1.29, 1.82) is 0 Å². The fourth-order valence-corrected chi connectivity index (χ4v) is 1.97. The summed E-state index contributed by atoms with van der Waals surface area (Å²) in [5.41, 5.74) is 1.13. The van der Waals surface area contributed by atoms with E-state index in [0.29, 0.717) is 0 Å². The zero-order valence-corrected chi connectivity index (χ0v) is 11.3. The Kier molecular flexibility index (Phi) is 4.80. The lowest BCUT2D eigenvalue weighted by Gasteiger charge is -2.14. The van der Waals surface area contributed by atoms with Crippen LogP contribution in [0.2, 0.25) is 0 Å². The van der Waals surface area contributed by atoms with Crippen LogP contribution in [0.25, 0.3) is 0 Å². The third kappa shape index (κ3) is 3.85. The summed E-state index contributed by atoms with van der Waals surface area (Å²) in [6.45, 7) is 3.50. The van der Waals surface area contributed by atoms with E-state index in [0.717, 1.165) is 22.2 Å². The molecule has 0 bridgehead atoms. The second kappa shape index (κ2) is 5.89. The molecular formula is C12H16BrNO2. The molecule has 1 amide bonds. The fourth-order valence-electron chi connectivity index (χ4n) is 1.56. The molecule has 0 spiro atoms. The molecule has 0 radical (unpaired) electrons. The molecule has 0 aromatic heterocycles. The number of nitrogens with one attached hydrogen (secondary N) is 1. The van der Waals surface area contributed by atoms with Crippen LogP contribution in [0.15, 0.2) is 22.7 Å². The van der Waals surface area contributed by atoms with Crippen LogP contribution in [-0.2, 0) is 11.2 Å². The van der Waals surface area contributed by atoms with Crippen molar-refractivity contribution in [3.8, 4) is 5.75 Å². The highest BCUT2D eigenvalue weighted by molar-refractivity contribution is 9.10. The van der Waals surface area contributed by atoms with Gasteiger partial charge in [0.25, 0.3) is 0 Å². The first kappa shape index (κ1) is 13.0. The Hall–Kier alpha value is -1.03. The van der Waals surface area contributed by atoms with E-state index in [9.17, 15) is 4.79 Å². The van der Waals surface area contributed by atoms with Crippen LogP contribution in [0.5, 0.6) is 5.75 Å². The number of hydrogen-bond donors (Lipinski definition) is 1. The topological polar surface area (TPSA) is 38.3 Å². The van der Waals surface area contributed by atoms with Gasteiger partial charge >= 0.3 is 0 Å². The molecule has 0 heterocycles. The second-order valence-corrected chi connectivity index (χ2v) is 4.62. The van der Waals surface area contributed by atoms with Gasteiger partial charge in [-0.25, -0.2) is 0 Å². The Morgan fingerprint density at radius 1 is 1.56 bits per heavy atom. The molecule has 0 saturated carbocycles. The maximum Gasteiger partial charge on any atom is 0.217 e. The molecule has 1 aromatic rings. The van der Waals surface area contributed by atoms with Crippen molar-refractivity contribution in [3.63, 3.8) is 0 Å². The van der Waals surface area contributed by atoms with E-state index in [1.165, 1.54) is 6.92 Å². The standard InChI is InChI=1S/C12H16BrNO2/c1-8(14-9(2)15)6-10-7-11(16-3)4-5-12(10)13/h4-5,7-8H,6H2,1-3H3,(H,14,15)/t8-/m1/s1. The lowest BCUT2D eigenvalue weighted by atomic mass is 10.1. The minimum atomic E-state index is -0.00785. The Morgan fingerprint density at radius 2 is 2.25 bits per heavy atom. The molecule has 0 aliphatic heterocycles. The molecule has 16 heavy (non-hydrogen) atoms. The summed E-state index contributed by atoms with van der Waals surface area (Å²) < 4.78 is 6.20. The van der Waals surface area contributed by atoms with Gasteiger partial charge < -0.3 is 10.1 Å². The van der Waals surface area contributed by atoms with Gasteiger partial charge in [0, 0.05) is 17.4 Å². The van der Waals surface area contributed by atoms with Crippen molar-refractivity contribution in [2.45, 2.75) is 26.3 Å². The maximum absolute atomic E-state index is 10.9. The van der Waals surface area contributed by atoms with E-state index < -0.39 is 0 Å². The average Bonchev–Trinajstić information content (AvgIpc) is 2.20. The summed E-state index contributed by atoms with van der Waals surface area (Å²) in [4.78, 5) is 10.9. The van der Waals surface area contributed by atoms with E-state index in [-0.39, 0.29) is 11.9 Å². The summed E-state index contributed by atoms with van der Waals surface area (Å²) in [7, 11) is 1.64. The van der Waals surface area contributed by atoms with Crippen LogP contribution >= 0.6 is 15.9 Å². The predicted molar refractivity (Wildman–Crippen MR) is 67.7 cm³/mol. The molecular weight excluding hydrogens is 270 g/mol. The van der Waals surface area contributed by atoms with Gasteiger partial charge in [-0.2, -0.15) is 0 Å². The van der Waals surface area contributed by atoms with Crippen LogP contribution in [0.1, 0.15) is 19.4 Å². The smallest absolute Gasteiger partial charge is 0.217 e. The van der Waals surface area contributed by atoms with E-state index in [2.05, 4.69) is 21.2 Å². The van der Waals surface area contributed by atoms with Crippen LogP contribution in [-0.4, -0.2) is 19.1 Å². The first-order chi connectivity index (χ1) is 7.52. The quantitative estimate of drug-likeness (QED) is 0.923. The Labute approximate surface area is 104 Å². The van der Waals surface area contributed by atoms with Crippen LogP contribution in [0.3, 0.4) is 0 Å². The minimum Gasteiger partial charge on any atom is -0.497 e. The summed E-state index contributed by atoms with van der Waals surface area (Å²) >= 11 is 3.49. The zero-order valence-electron chi connectivity index (χ0n) is 9.71. The van der Waals surface area contributed by atoms with Crippen LogP contribution in [0, 0.1) is 0 Å². The molecule has 1 atom stereocenters. The Balaban J connectivity index is 2.75. The van der Waals surface area contributed by atoms with Gasteiger partial charge in [-0.15, -0.1) is 0 Å². The number of ether oxygens (including phenoxy) is 1. The largest absolute Gasteiger partial charge is 0.497 e. The van der Waals surface area contributed by atoms with E-state index in [1.807, 2.05) is 25.1 Å².